The molecule has 2 N–H and O–H groups in total. The van der Waals surface area contributed by atoms with Crippen molar-refractivity contribution in [3.63, 3.8) is 0 Å². The van der Waals surface area contributed by atoms with E-state index in [0.717, 1.165) is 35.5 Å². The molecule has 0 radical (unpaired) electrons. The summed E-state index contributed by atoms with van der Waals surface area (Å²) >= 11 is 0. The molecule has 0 unspecified atom stereocenters. The zero-order chi connectivity index (χ0) is 15.4. The molecular weight excluding hydrogens is 262 g/mol. The highest BCUT2D eigenvalue weighted by Crippen LogP contribution is 2.29. The molecule has 0 atom stereocenters. The van der Waals surface area contributed by atoms with E-state index in [4.69, 9.17) is 0 Å². The van der Waals surface area contributed by atoms with Crippen LogP contribution >= 0.6 is 0 Å². The Bertz CT molecular complexity index is 619. The van der Waals surface area contributed by atoms with Crippen LogP contribution in [-0.2, 0) is 6.42 Å². The first-order chi connectivity index (χ1) is 10.0. The van der Waals surface area contributed by atoms with Crippen molar-refractivity contribution in [3.8, 4) is 11.5 Å². The molecule has 0 aliphatic carbocycles. The van der Waals surface area contributed by atoms with Crippen LogP contribution in [0.15, 0.2) is 36.4 Å². The second-order valence-electron chi connectivity index (χ2n) is 5.29. The zero-order valence-corrected chi connectivity index (χ0v) is 12.9. The summed E-state index contributed by atoms with van der Waals surface area (Å²) in [6, 6.07) is 11.4. The molecule has 2 aromatic carbocycles. The van der Waals surface area contributed by atoms with Crippen molar-refractivity contribution < 1.29 is 10.2 Å². The summed E-state index contributed by atoms with van der Waals surface area (Å²) in [5.74, 6) is 0.557. The summed E-state index contributed by atoms with van der Waals surface area (Å²) < 4.78 is 0. The average Bonchev–Trinajstić information content (AvgIpc) is 2.45. The fourth-order valence-corrected chi connectivity index (χ4v) is 2.52. The first kappa shape index (κ1) is 15.2. The Kier molecular flexibility index (Phi) is 4.73. The summed E-state index contributed by atoms with van der Waals surface area (Å²) in [6.45, 7) is 7.96. The SMILES string of the molecule is CCN(CC)c1ccc(Cc2ccc(C)cc2O)c(O)c1. The first-order valence-corrected chi connectivity index (χ1v) is 7.40. The fourth-order valence-electron chi connectivity index (χ4n) is 2.52. The van der Waals surface area contributed by atoms with Crippen molar-refractivity contribution in [2.24, 2.45) is 0 Å². The quantitative estimate of drug-likeness (QED) is 0.877. The standard InChI is InChI=1S/C18H23NO2/c1-4-19(5-2)16-9-8-15(18(21)12-16)11-14-7-6-13(3)10-17(14)20/h6-10,12,20-21H,4-5,11H2,1-3H3. The molecule has 0 heterocycles. The van der Waals surface area contributed by atoms with Gasteiger partial charge in [-0.25, -0.2) is 0 Å². The van der Waals surface area contributed by atoms with Crippen molar-refractivity contribution in [2.75, 3.05) is 18.0 Å². The van der Waals surface area contributed by atoms with Gasteiger partial charge in [0.25, 0.3) is 0 Å². The molecule has 0 amide bonds. The minimum atomic E-state index is 0.277. The second kappa shape index (κ2) is 6.53. The average molecular weight is 285 g/mol. The number of aromatic hydroxyl groups is 2. The van der Waals surface area contributed by atoms with Crippen molar-refractivity contribution in [1.29, 1.82) is 0 Å². The largest absolute Gasteiger partial charge is 0.508 e. The minimum absolute atomic E-state index is 0.277. The maximum absolute atomic E-state index is 10.2. The molecule has 0 spiro atoms. The highest BCUT2D eigenvalue weighted by molar-refractivity contribution is 5.54. The van der Waals surface area contributed by atoms with Crippen LogP contribution < -0.4 is 4.90 Å². The third-order valence-corrected chi connectivity index (χ3v) is 3.82. The van der Waals surface area contributed by atoms with Crippen LogP contribution in [0.5, 0.6) is 11.5 Å². The molecule has 2 rings (SSSR count). The highest BCUT2D eigenvalue weighted by atomic mass is 16.3. The topological polar surface area (TPSA) is 43.7 Å². The van der Waals surface area contributed by atoms with Crippen LogP contribution in [0.1, 0.15) is 30.5 Å². The van der Waals surface area contributed by atoms with Crippen molar-refractivity contribution >= 4 is 5.69 Å². The summed E-state index contributed by atoms with van der Waals surface area (Å²) in [7, 11) is 0. The Hall–Kier alpha value is -2.16. The number of aryl methyl sites for hydroxylation is 1. The van der Waals surface area contributed by atoms with E-state index in [-0.39, 0.29) is 11.5 Å². The Morgan fingerprint density at radius 1 is 0.857 bits per heavy atom. The molecule has 0 aliphatic heterocycles. The summed E-state index contributed by atoms with van der Waals surface area (Å²) in [5.41, 5.74) is 3.70. The lowest BCUT2D eigenvalue weighted by molar-refractivity contribution is 0.462. The van der Waals surface area contributed by atoms with Crippen molar-refractivity contribution in [1.82, 2.24) is 0 Å². The molecule has 3 heteroatoms. The molecule has 3 nitrogen and oxygen atoms in total. The fraction of sp³-hybridized carbons (Fsp3) is 0.333. The molecule has 2 aromatic rings. The lowest BCUT2D eigenvalue weighted by Gasteiger charge is -2.21. The van der Waals surface area contributed by atoms with Gasteiger partial charge in [0.15, 0.2) is 0 Å². The Morgan fingerprint density at radius 3 is 1.95 bits per heavy atom. The van der Waals surface area contributed by atoms with Gasteiger partial charge in [0.2, 0.25) is 0 Å². The number of anilines is 1. The van der Waals surface area contributed by atoms with E-state index in [2.05, 4.69) is 18.7 Å². The van der Waals surface area contributed by atoms with E-state index in [9.17, 15) is 10.2 Å². The Labute approximate surface area is 126 Å². The van der Waals surface area contributed by atoms with Gasteiger partial charge in [0.1, 0.15) is 11.5 Å². The first-order valence-electron chi connectivity index (χ1n) is 7.40. The van der Waals surface area contributed by atoms with E-state index in [0.29, 0.717) is 6.42 Å². The van der Waals surface area contributed by atoms with Crippen LogP contribution in [0.2, 0.25) is 0 Å². The normalized spacial score (nSPS) is 10.6. The number of phenols is 2. The molecule has 0 saturated heterocycles. The van der Waals surface area contributed by atoms with E-state index in [1.165, 1.54) is 0 Å². The van der Waals surface area contributed by atoms with E-state index < -0.39 is 0 Å². The van der Waals surface area contributed by atoms with Crippen LogP contribution in [0.3, 0.4) is 0 Å². The van der Waals surface area contributed by atoms with Crippen molar-refractivity contribution in [2.45, 2.75) is 27.2 Å². The van der Waals surface area contributed by atoms with Gasteiger partial charge in [-0.15, -0.1) is 0 Å². The molecule has 0 aliphatic rings. The number of benzene rings is 2. The lowest BCUT2D eigenvalue weighted by atomic mass is 10.0. The van der Waals surface area contributed by atoms with Gasteiger partial charge in [0.05, 0.1) is 0 Å². The van der Waals surface area contributed by atoms with Gasteiger partial charge in [0, 0.05) is 31.3 Å². The van der Waals surface area contributed by atoms with Gasteiger partial charge >= 0.3 is 0 Å². The van der Waals surface area contributed by atoms with Gasteiger partial charge in [-0.2, -0.15) is 0 Å². The van der Waals surface area contributed by atoms with Crippen LogP contribution in [0.4, 0.5) is 5.69 Å². The highest BCUT2D eigenvalue weighted by Gasteiger charge is 2.09. The van der Waals surface area contributed by atoms with Gasteiger partial charge < -0.3 is 15.1 Å². The summed E-state index contributed by atoms with van der Waals surface area (Å²) in [4.78, 5) is 2.19. The smallest absolute Gasteiger partial charge is 0.121 e. The third-order valence-electron chi connectivity index (χ3n) is 3.82. The van der Waals surface area contributed by atoms with Crippen LogP contribution in [-0.4, -0.2) is 23.3 Å². The maximum atomic E-state index is 10.2. The van der Waals surface area contributed by atoms with Gasteiger partial charge in [-0.3, -0.25) is 0 Å². The number of phenolic OH excluding ortho intramolecular Hbond substituents is 2. The molecule has 0 saturated carbocycles. The minimum Gasteiger partial charge on any atom is -0.508 e. The number of nitrogens with zero attached hydrogens (tertiary/aromatic N) is 1. The summed E-state index contributed by atoms with van der Waals surface area (Å²) in [6.07, 6.45) is 0.524. The Morgan fingerprint density at radius 2 is 1.43 bits per heavy atom. The molecule has 112 valence electrons. The summed E-state index contributed by atoms with van der Waals surface area (Å²) in [5, 5.41) is 20.2. The van der Waals surface area contributed by atoms with Gasteiger partial charge in [-0.1, -0.05) is 18.2 Å². The van der Waals surface area contributed by atoms with Crippen LogP contribution in [0, 0.1) is 6.92 Å². The molecule has 0 bridgehead atoms. The van der Waals surface area contributed by atoms with E-state index in [1.54, 1.807) is 12.1 Å². The van der Waals surface area contributed by atoms with E-state index in [1.807, 2.05) is 31.2 Å². The predicted octanol–water partition coefficient (Wildman–Crippen LogP) is 3.84. The van der Waals surface area contributed by atoms with Gasteiger partial charge in [-0.05, 0) is 49.6 Å². The zero-order valence-electron chi connectivity index (χ0n) is 12.9. The number of hydrogen-bond donors (Lipinski definition) is 2. The maximum Gasteiger partial charge on any atom is 0.121 e. The predicted molar refractivity (Wildman–Crippen MR) is 87.3 cm³/mol. The van der Waals surface area contributed by atoms with Crippen molar-refractivity contribution in [3.05, 3.63) is 53.1 Å². The second-order valence-corrected chi connectivity index (χ2v) is 5.29. The molecule has 21 heavy (non-hydrogen) atoms. The molecule has 0 aromatic heterocycles. The van der Waals surface area contributed by atoms with E-state index >= 15 is 0 Å². The monoisotopic (exact) mass is 285 g/mol. The third kappa shape index (κ3) is 3.48. The number of hydrogen-bond acceptors (Lipinski definition) is 3. The molecule has 0 fully saturated rings. The van der Waals surface area contributed by atoms with Crippen LogP contribution in [0.25, 0.3) is 0 Å². The number of rotatable bonds is 5. The lowest BCUT2D eigenvalue weighted by Crippen LogP contribution is -2.21. The molecular formula is C18H23NO2. The Balaban J connectivity index is 2.25.